The summed E-state index contributed by atoms with van der Waals surface area (Å²) >= 11 is 0. The first-order valence-corrected chi connectivity index (χ1v) is 16.6. The number of nitrogens with zero attached hydrogens (tertiary/aromatic N) is 1. The van der Waals surface area contributed by atoms with Gasteiger partial charge in [0, 0.05) is 54.5 Å². The number of amides is 5. The van der Waals surface area contributed by atoms with Crippen LogP contribution in [0.3, 0.4) is 0 Å². The van der Waals surface area contributed by atoms with Gasteiger partial charge in [0.25, 0.3) is 17.4 Å². The minimum Gasteiger partial charge on any atom is -0.464 e. The highest BCUT2D eigenvalue weighted by Gasteiger charge is 2.63. The van der Waals surface area contributed by atoms with Gasteiger partial charge >= 0.3 is 0 Å². The molecule has 4 saturated carbocycles. The topological polar surface area (TPSA) is 198 Å². The number of hydrogen-bond acceptors (Lipinski definition) is 8. The van der Waals surface area contributed by atoms with Crippen LogP contribution in [-0.4, -0.2) is 64.1 Å². The van der Waals surface area contributed by atoms with Crippen LogP contribution in [0, 0.1) is 17.8 Å². The molecule has 6 atom stereocenters. The number of anilines is 1. The number of rotatable bonds is 13. The molecule has 4 aliphatic rings. The van der Waals surface area contributed by atoms with Crippen molar-refractivity contribution in [2.75, 3.05) is 11.9 Å². The summed E-state index contributed by atoms with van der Waals surface area (Å²) in [7, 11) is 0. The van der Waals surface area contributed by atoms with E-state index in [1.54, 1.807) is 25.1 Å². The molecule has 0 radical (unpaired) electrons. The third kappa shape index (κ3) is 6.99. The van der Waals surface area contributed by atoms with Gasteiger partial charge in [-0.3, -0.25) is 33.6 Å². The molecule has 1 aromatic carbocycles. The van der Waals surface area contributed by atoms with Crippen LogP contribution in [0.15, 0.2) is 58.1 Å². The predicted molar refractivity (Wildman–Crippen MR) is 177 cm³/mol. The van der Waals surface area contributed by atoms with E-state index in [9.17, 15) is 33.6 Å². The zero-order chi connectivity index (χ0) is 34.9. The third-order valence-electron chi connectivity index (χ3n) is 10.1. The average Bonchev–Trinajstić information content (AvgIpc) is 3.68. The normalized spacial score (nSPS) is 23.9. The van der Waals surface area contributed by atoms with Crippen LogP contribution in [0.2, 0.25) is 0 Å². The van der Waals surface area contributed by atoms with Gasteiger partial charge in [-0.2, -0.15) is 0 Å². The van der Waals surface area contributed by atoms with Crippen LogP contribution < -0.4 is 32.1 Å². The molecule has 2 aromatic heterocycles. The van der Waals surface area contributed by atoms with Crippen molar-refractivity contribution < 1.29 is 33.2 Å². The average molecular weight is 673 g/mol. The van der Waals surface area contributed by atoms with Crippen molar-refractivity contribution in [3.63, 3.8) is 0 Å². The van der Waals surface area contributed by atoms with Gasteiger partial charge in [-0.05, 0) is 87.3 Å². The van der Waals surface area contributed by atoms with Gasteiger partial charge in [0.2, 0.25) is 23.5 Å². The molecule has 4 aliphatic carbocycles. The molecule has 14 heteroatoms. The summed E-state index contributed by atoms with van der Waals surface area (Å²) in [5, 5.41) is 14.6. The summed E-state index contributed by atoms with van der Waals surface area (Å²) in [4.78, 5) is 89.7. The number of furan rings is 1. The van der Waals surface area contributed by atoms with E-state index in [2.05, 4.69) is 26.6 Å². The molecule has 4 bridgehead atoms. The maximum absolute atomic E-state index is 13.5. The monoisotopic (exact) mass is 672 g/mol. The van der Waals surface area contributed by atoms with Crippen molar-refractivity contribution in [2.24, 2.45) is 17.8 Å². The molecule has 2 heterocycles. The molecule has 5 N–H and O–H groups in total. The minimum absolute atomic E-state index is 0.0742. The first-order chi connectivity index (χ1) is 23.5. The molecule has 4 fully saturated rings. The second kappa shape index (κ2) is 13.7. The van der Waals surface area contributed by atoms with E-state index in [-0.39, 0.29) is 72.4 Å². The second-order valence-corrected chi connectivity index (χ2v) is 13.4. The number of ketones is 1. The van der Waals surface area contributed by atoms with E-state index in [0.29, 0.717) is 16.9 Å². The molecule has 5 unspecified atom stereocenters. The zero-order valence-electron chi connectivity index (χ0n) is 27.4. The lowest BCUT2D eigenvalue weighted by molar-refractivity contribution is -0.138. The summed E-state index contributed by atoms with van der Waals surface area (Å²) in [5.74, 6) is -2.44. The maximum atomic E-state index is 13.5. The van der Waals surface area contributed by atoms with Crippen LogP contribution in [0.1, 0.15) is 62.7 Å². The maximum Gasteiger partial charge on any atom is 0.287 e. The Balaban J connectivity index is 1.13. The molecular weight excluding hydrogens is 632 g/mol. The fraction of sp³-hybridized carbons (Fsp3) is 0.457. The Morgan fingerprint density at radius 2 is 1.88 bits per heavy atom. The number of nitrogens with one attached hydrogen (secondary N) is 5. The summed E-state index contributed by atoms with van der Waals surface area (Å²) in [5.41, 5.74) is -0.243. The fourth-order valence-corrected chi connectivity index (χ4v) is 8.21. The van der Waals surface area contributed by atoms with Crippen molar-refractivity contribution in [1.29, 1.82) is 0 Å². The highest BCUT2D eigenvalue weighted by Crippen LogP contribution is 2.60. The molecule has 258 valence electrons. The third-order valence-corrected chi connectivity index (χ3v) is 10.1. The number of fused-ring (bicyclic) bond motifs is 1. The van der Waals surface area contributed by atoms with E-state index in [0.717, 1.165) is 25.7 Å². The molecule has 0 saturated heterocycles. The Morgan fingerprint density at radius 1 is 1.06 bits per heavy atom. The summed E-state index contributed by atoms with van der Waals surface area (Å²) < 4.78 is 6.51. The Kier molecular flexibility index (Phi) is 9.39. The molecular formula is C35H40N6O8. The summed E-state index contributed by atoms with van der Waals surface area (Å²) in [6.07, 6.45) is 6.05. The number of hydrogen-bond donors (Lipinski definition) is 5. The lowest BCUT2D eigenvalue weighted by atomic mass is 9.78. The van der Waals surface area contributed by atoms with E-state index in [1.165, 1.54) is 42.1 Å². The van der Waals surface area contributed by atoms with Gasteiger partial charge in [-0.1, -0.05) is 0 Å². The van der Waals surface area contributed by atoms with E-state index < -0.39 is 35.1 Å². The summed E-state index contributed by atoms with van der Waals surface area (Å²) in [6, 6.07) is 7.93. The number of pyridine rings is 1. The zero-order valence-corrected chi connectivity index (χ0v) is 27.4. The highest BCUT2D eigenvalue weighted by molar-refractivity contribution is 6.36. The van der Waals surface area contributed by atoms with Crippen molar-refractivity contribution in [1.82, 2.24) is 25.8 Å². The fourth-order valence-electron chi connectivity index (χ4n) is 8.21. The molecule has 0 aliphatic heterocycles. The highest BCUT2D eigenvalue weighted by atomic mass is 16.3. The van der Waals surface area contributed by atoms with Gasteiger partial charge in [-0.25, -0.2) is 0 Å². The van der Waals surface area contributed by atoms with Gasteiger partial charge in [0.05, 0.1) is 6.26 Å². The summed E-state index contributed by atoms with van der Waals surface area (Å²) in [6.45, 7) is 3.15. The SMILES string of the molecule is CCNC(=O)C(=O)CC[C@H](NC(=O)c1ccc2occc2c1)C(=O)Nc1cccn(CC(=O)NC2C3CC4CC2C(NC(C)=O)(C4)C3)c1=O. The van der Waals surface area contributed by atoms with Crippen molar-refractivity contribution in [2.45, 2.75) is 76.5 Å². The Bertz CT molecular complexity index is 1880. The number of carbonyl (C=O) groups excluding carboxylic acids is 6. The van der Waals surface area contributed by atoms with E-state index in [1.807, 2.05) is 0 Å². The number of benzene rings is 1. The largest absolute Gasteiger partial charge is 0.464 e. The standard InChI is InChI=1S/C35H40N6O8/c1-3-36-33(47)27(43)8-7-25(37-31(45)22-6-9-28-21(15-22)10-12-49-28)32(46)38-26-5-4-11-41(34(26)48)18-29(44)39-30-23-13-20-14-24(30)35(16-20,17-23)40-19(2)42/h4-6,9-12,15,20,23-25,30H,3,7-8,13-14,16-18H2,1-2H3,(H,36,47)(H,37,45)(H,38,46)(H,39,44)(H,40,42)/t20?,23?,24?,25-,30?,35?/m0/s1. The molecule has 5 amide bonds. The Labute approximate surface area is 281 Å². The molecule has 0 spiro atoms. The smallest absolute Gasteiger partial charge is 0.287 e. The van der Waals surface area contributed by atoms with Crippen molar-refractivity contribution in [3.05, 3.63) is 64.8 Å². The molecule has 49 heavy (non-hydrogen) atoms. The second-order valence-electron chi connectivity index (χ2n) is 13.4. The number of likely N-dealkylation sites (N-methyl/N-ethyl adjacent to an activating group) is 1. The molecule has 7 rings (SSSR count). The van der Waals surface area contributed by atoms with E-state index >= 15 is 0 Å². The van der Waals surface area contributed by atoms with Crippen LogP contribution in [0.5, 0.6) is 0 Å². The number of carbonyl (C=O) groups is 6. The Hall–Kier alpha value is -5.27. The molecule has 14 nitrogen and oxygen atoms in total. The Morgan fingerprint density at radius 3 is 2.65 bits per heavy atom. The van der Waals surface area contributed by atoms with Gasteiger partial charge < -0.3 is 35.6 Å². The molecule has 3 aromatic rings. The first-order valence-electron chi connectivity index (χ1n) is 16.6. The lowest BCUT2D eigenvalue weighted by Crippen LogP contribution is -2.51. The van der Waals surface area contributed by atoms with Crippen LogP contribution in [-0.2, 0) is 30.5 Å². The number of Topliss-reactive ketones (excluding diaryl/α,β-unsaturated/α-hetero) is 1. The van der Waals surface area contributed by atoms with Gasteiger partial charge in [0.1, 0.15) is 23.9 Å². The quantitative estimate of drug-likeness (QED) is 0.169. The van der Waals surface area contributed by atoms with Crippen molar-refractivity contribution in [3.8, 4) is 0 Å². The van der Waals surface area contributed by atoms with Crippen LogP contribution >= 0.6 is 0 Å². The van der Waals surface area contributed by atoms with E-state index in [4.69, 9.17) is 4.42 Å². The van der Waals surface area contributed by atoms with Crippen LogP contribution in [0.4, 0.5) is 5.69 Å². The number of aromatic nitrogens is 1. The minimum atomic E-state index is -1.29. The predicted octanol–water partition coefficient (Wildman–Crippen LogP) is 1.63. The van der Waals surface area contributed by atoms with Gasteiger partial charge in [0.15, 0.2) is 0 Å². The van der Waals surface area contributed by atoms with Crippen molar-refractivity contribution >= 4 is 52.0 Å². The lowest BCUT2D eigenvalue weighted by Gasteiger charge is -2.33. The first kappa shape index (κ1) is 33.6. The van der Waals surface area contributed by atoms with Crippen LogP contribution in [0.25, 0.3) is 11.0 Å². The van der Waals surface area contributed by atoms with Gasteiger partial charge in [-0.15, -0.1) is 0 Å².